The van der Waals surface area contributed by atoms with Crippen LogP contribution in [0.1, 0.15) is 33.1 Å². The molecule has 1 aliphatic carbocycles. The quantitative estimate of drug-likeness (QED) is 0.536. The van der Waals surface area contributed by atoms with E-state index in [0.717, 1.165) is 11.8 Å². The maximum atomic E-state index is 5.49. The molecule has 4 atom stereocenters. The minimum Gasteiger partial charge on any atom is -0.369 e. The average Bonchev–Trinajstić information content (AvgIpc) is 2.57. The zero-order valence-corrected chi connectivity index (χ0v) is 6.84. The molecule has 2 rings (SSSR count). The fraction of sp³-hybridized carbons (Fsp3) is 1.00. The summed E-state index contributed by atoms with van der Waals surface area (Å²) < 4.78 is 5.49. The van der Waals surface area contributed by atoms with Crippen LogP contribution in [0.3, 0.4) is 0 Å². The molecule has 2 aliphatic rings. The van der Waals surface area contributed by atoms with E-state index in [9.17, 15) is 0 Å². The van der Waals surface area contributed by atoms with E-state index in [4.69, 9.17) is 4.74 Å². The molecule has 1 heteroatoms. The topological polar surface area (TPSA) is 12.5 Å². The molecule has 1 aliphatic heterocycles. The lowest BCUT2D eigenvalue weighted by molar-refractivity contribution is 0.203. The van der Waals surface area contributed by atoms with Crippen molar-refractivity contribution in [1.29, 1.82) is 0 Å². The van der Waals surface area contributed by atoms with E-state index in [0.29, 0.717) is 12.2 Å². The first-order valence-corrected chi connectivity index (χ1v) is 4.48. The highest BCUT2D eigenvalue weighted by Crippen LogP contribution is 2.48. The maximum absolute atomic E-state index is 5.49. The third kappa shape index (κ3) is 0.878. The second-order valence-electron chi connectivity index (χ2n) is 3.80. The first kappa shape index (κ1) is 6.66. The molecule has 0 amide bonds. The fourth-order valence-corrected chi connectivity index (χ4v) is 2.37. The van der Waals surface area contributed by atoms with Crippen LogP contribution in [0.25, 0.3) is 0 Å². The molecule has 10 heavy (non-hydrogen) atoms. The molecule has 1 heterocycles. The number of fused-ring (bicyclic) bond motifs is 1. The van der Waals surface area contributed by atoms with E-state index in [1.54, 1.807) is 0 Å². The van der Waals surface area contributed by atoms with Crippen molar-refractivity contribution < 1.29 is 4.74 Å². The van der Waals surface area contributed by atoms with Gasteiger partial charge in [0.15, 0.2) is 0 Å². The summed E-state index contributed by atoms with van der Waals surface area (Å²) in [5.74, 6) is 1.83. The molecule has 0 aromatic carbocycles. The summed E-state index contributed by atoms with van der Waals surface area (Å²) in [5.41, 5.74) is 0. The Hall–Kier alpha value is -0.0400. The summed E-state index contributed by atoms with van der Waals surface area (Å²) in [6.45, 7) is 4.64. The fourth-order valence-electron chi connectivity index (χ4n) is 2.37. The van der Waals surface area contributed by atoms with Crippen LogP contribution in [-0.2, 0) is 4.74 Å². The molecule has 0 aromatic heterocycles. The van der Waals surface area contributed by atoms with Crippen LogP contribution in [0.2, 0.25) is 0 Å². The van der Waals surface area contributed by atoms with E-state index in [-0.39, 0.29) is 0 Å². The van der Waals surface area contributed by atoms with E-state index in [1.165, 1.54) is 19.3 Å². The highest BCUT2D eigenvalue weighted by Gasteiger charge is 2.52. The molecule has 1 saturated carbocycles. The van der Waals surface area contributed by atoms with Crippen LogP contribution in [0, 0.1) is 11.8 Å². The molecule has 0 bridgehead atoms. The van der Waals surface area contributed by atoms with Gasteiger partial charge in [0.25, 0.3) is 0 Å². The van der Waals surface area contributed by atoms with E-state index in [1.807, 2.05) is 0 Å². The van der Waals surface area contributed by atoms with Gasteiger partial charge in [0.05, 0.1) is 12.2 Å². The average molecular weight is 140 g/mol. The minimum absolute atomic E-state index is 0.673. The predicted octanol–water partition coefficient (Wildman–Crippen LogP) is 2.21. The lowest BCUT2D eigenvalue weighted by atomic mass is 9.92. The number of hydrogen-bond donors (Lipinski definition) is 0. The monoisotopic (exact) mass is 140 g/mol. The Balaban J connectivity index is 1.92. The molecule has 2 fully saturated rings. The first-order chi connectivity index (χ1) is 4.83. The summed E-state index contributed by atoms with van der Waals surface area (Å²) in [5, 5.41) is 0. The van der Waals surface area contributed by atoms with Crippen molar-refractivity contribution in [3.8, 4) is 0 Å². The Morgan fingerprint density at radius 3 is 2.80 bits per heavy atom. The standard InChI is InChI=1S/C9H16O/c1-3-4-7-6(2)5-8-9(7)10-8/h6-9H,3-5H2,1-2H3. The molecular formula is C9H16O. The Kier molecular flexibility index (Phi) is 1.48. The van der Waals surface area contributed by atoms with Crippen LogP contribution in [0.15, 0.2) is 0 Å². The van der Waals surface area contributed by atoms with Gasteiger partial charge in [0.1, 0.15) is 0 Å². The second-order valence-corrected chi connectivity index (χ2v) is 3.80. The van der Waals surface area contributed by atoms with E-state index < -0.39 is 0 Å². The van der Waals surface area contributed by atoms with Crippen LogP contribution in [-0.4, -0.2) is 12.2 Å². The van der Waals surface area contributed by atoms with Crippen molar-refractivity contribution >= 4 is 0 Å². The van der Waals surface area contributed by atoms with Crippen molar-refractivity contribution in [2.45, 2.75) is 45.3 Å². The van der Waals surface area contributed by atoms with Gasteiger partial charge in [-0.1, -0.05) is 20.3 Å². The van der Waals surface area contributed by atoms with Crippen molar-refractivity contribution in [3.05, 3.63) is 0 Å². The first-order valence-electron chi connectivity index (χ1n) is 4.48. The van der Waals surface area contributed by atoms with Gasteiger partial charge in [-0.2, -0.15) is 0 Å². The van der Waals surface area contributed by atoms with Crippen molar-refractivity contribution in [3.63, 3.8) is 0 Å². The molecule has 4 unspecified atom stereocenters. The van der Waals surface area contributed by atoms with E-state index >= 15 is 0 Å². The predicted molar refractivity (Wildman–Crippen MR) is 40.8 cm³/mol. The number of hydrogen-bond acceptors (Lipinski definition) is 1. The summed E-state index contributed by atoms with van der Waals surface area (Å²) in [6, 6.07) is 0. The Bertz CT molecular complexity index is 131. The zero-order chi connectivity index (χ0) is 7.14. The number of ether oxygens (including phenoxy) is 1. The number of rotatable bonds is 2. The largest absolute Gasteiger partial charge is 0.369 e. The highest BCUT2D eigenvalue weighted by molar-refractivity contribution is 5.00. The zero-order valence-electron chi connectivity index (χ0n) is 6.84. The van der Waals surface area contributed by atoms with Gasteiger partial charge >= 0.3 is 0 Å². The van der Waals surface area contributed by atoms with Gasteiger partial charge in [0.2, 0.25) is 0 Å². The van der Waals surface area contributed by atoms with Gasteiger partial charge in [-0.25, -0.2) is 0 Å². The summed E-state index contributed by atoms with van der Waals surface area (Å²) in [4.78, 5) is 0. The molecule has 0 radical (unpaired) electrons. The van der Waals surface area contributed by atoms with Gasteiger partial charge < -0.3 is 4.74 Å². The smallest absolute Gasteiger partial charge is 0.0872 e. The third-order valence-corrected chi connectivity index (χ3v) is 3.00. The Labute approximate surface area is 62.8 Å². The highest BCUT2D eigenvalue weighted by atomic mass is 16.6. The van der Waals surface area contributed by atoms with E-state index in [2.05, 4.69) is 13.8 Å². The van der Waals surface area contributed by atoms with Crippen LogP contribution >= 0.6 is 0 Å². The third-order valence-electron chi connectivity index (χ3n) is 3.00. The summed E-state index contributed by atoms with van der Waals surface area (Å²) in [7, 11) is 0. The van der Waals surface area contributed by atoms with Gasteiger partial charge in [0, 0.05) is 0 Å². The second kappa shape index (κ2) is 2.23. The lowest BCUT2D eigenvalue weighted by Gasteiger charge is -2.15. The van der Waals surface area contributed by atoms with Crippen LogP contribution < -0.4 is 0 Å². The van der Waals surface area contributed by atoms with Crippen molar-refractivity contribution in [2.75, 3.05) is 0 Å². The van der Waals surface area contributed by atoms with Gasteiger partial charge in [-0.3, -0.25) is 0 Å². The molecule has 58 valence electrons. The molecule has 1 saturated heterocycles. The summed E-state index contributed by atoms with van der Waals surface area (Å²) >= 11 is 0. The number of epoxide rings is 1. The lowest BCUT2D eigenvalue weighted by Crippen LogP contribution is -2.11. The van der Waals surface area contributed by atoms with Crippen LogP contribution in [0.5, 0.6) is 0 Å². The molecule has 0 aromatic rings. The SMILES string of the molecule is CCCC1C(C)CC2OC21. The summed E-state index contributed by atoms with van der Waals surface area (Å²) in [6.07, 6.45) is 5.38. The molecule has 0 N–H and O–H groups in total. The molecular weight excluding hydrogens is 124 g/mol. The minimum atomic E-state index is 0.673. The molecule has 1 nitrogen and oxygen atoms in total. The Morgan fingerprint density at radius 1 is 1.50 bits per heavy atom. The van der Waals surface area contributed by atoms with Crippen molar-refractivity contribution in [1.82, 2.24) is 0 Å². The van der Waals surface area contributed by atoms with Crippen molar-refractivity contribution in [2.24, 2.45) is 11.8 Å². The molecule has 0 spiro atoms. The van der Waals surface area contributed by atoms with Gasteiger partial charge in [-0.05, 0) is 24.7 Å². The normalized spacial score (nSPS) is 51.0. The maximum Gasteiger partial charge on any atom is 0.0872 e. The Morgan fingerprint density at radius 2 is 2.30 bits per heavy atom. The van der Waals surface area contributed by atoms with Crippen LogP contribution in [0.4, 0.5) is 0 Å². The van der Waals surface area contributed by atoms with Gasteiger partial charge in [-0.15, -0.1) is 0 Å².